The molecular formula is C11H7Br2ClFNS. The van der Waals surface area contributed by atoms with Gasteiger partial charge in [-0.2, -0.15) is 0 Å². The van der Waals surface area contributed by atoms with E-state index in [1.54, 1.807) is 17.4 Å². The molecule has 6 heteroatoms. The Labute approximate surface area is 124 Å². The van der Waals surface area contributed by atoms with E-state index in [0.29, 0.717) is 17.3 Å². The molecule has 0 aliphatic carbocycles. The summed E-state index contributed by atoms with van der Waals surface area (Å²) in [6.45, 7) is 0.562. The Morgan fingerprint density at radius 1 is 1.29 bits per heavy atom. The molecule has 2 rings (SSSR count). The Bertz CT molecular complexity index is 525. The minimum atomic E-state index is -0.302. The second-order valence-corrected chi connectivity index (χ2v) is 7.06. The lowest BCUT2D eigenvalue weighted by Crippen LogP contribution is -1.99. The van der Waals surface area contributed by atoms with Crippen LogP contribution in [-0.4, -0.2) is 0 Å². The third-order valence-electron chi connectivity index (χ3n) is 2.08. The summed E-state index contributed by atoms with van der Waals surface area (Å²) in [5.74, 6) is -0.302. The highest BCUT2D eigenvalue weighted by Gasteiger charge is 2.06. The number of halogens is 4. The number of rotatable bonds is 3. The molecule has 2 aromatic rings. The molecule has 1 N–H and O–H groups in total. The SMILES string of the molecule is Fc1ccc(Cl)cc1NCc1cc(Br)c(Br)s1. The molecule has 1 aromatic heterocycles. The predicted octanol–water partition coefficient (Wildman–Crippen LogP) is 5.68. The predicted molar refractivity (Wildman–Crippen MR) is 78.5 cm³/mol. The Kier molecular flexibility index (Phi) is 4.47. The molecule has 0 atom stereocenters. The van der Waals surface area contributed by atoms with Crippen LogP contribution in [0.1, 0.15) is 4.88 Å². The van der Waals surface area contributed by atoms with E-state index in [1.165, 1.54) is 12.1 Å². The van der Waals surface area contributed by atoms with Crippen LogP contribution in [0.3, 0.4) is 0 Å². The van der Waals surface area contributed by atoms with E-state index < -0.39 is 0 Å². The molecule has 0 unspecified atom stereocenters. The molecule has 1 heterocycles. The summed E-state index contributed by atoms with van der Waals surface area (Å²) in [6.07, 6.45) is 0. The average Bonchev–Trinajstić information content (AvgIpc) is 2.60. The number of hydrogen-bond acceptors (Lipinski definition) is 2. The zero-order valence-electron chi connectivity index (χ0n) is 8.44. The molecule has 90 valence electrons. The lowest BCUT2D eigenvalue weighted by Gasteiger charge is -2.06. The summed E-state index contributed by atoms with van der Waals surface area (Å²) in [7, 11) is 0. The van der Waals surface area contributed by atoms with Crippen LogP contribution < -0.4 is 5.32 Å². The van der Waals surface area contributed by atoms with Crippen molar-refractivity contribution in [1.82, 2.24) is 0 Å². The number of nitrogens with one attached hydrogen (secondary N) is 1. The van der Waals surface area contributed by atoms with Crippen LogP contribution in [0.25, 0.3) is 0 Å². The zero-order valence-corrected chi connectivity index (χ0v) is 13.2. The molecule has 0 saturated carbocycles. The minimum absolute atomic E-state index is 0.302. The topological polar surface area (TPSA) is 12.0 Å². The number of anilines is 1. The molecule has 0 fully saturated rings. The van der Waals surface area contributed by atoms with E-state index in [-0.39, 0.29) is 5.82 Å². The number of thiophene rings is 1. The largest absolute Gasteiger partial charge is 0.378 e. The second kappa shape index (κ2) is 5.69. The summed E-state index contributed by atoms with van der Waals surface area (Å²) in [5, 5.41) is 3.54. The minimum Gasteiger partial charge on any atom is -0.378 e. The fraction of sp³-hybridized carbons (Fsp3) is 0.0909. The molecule has 0 aliphatic rings. The first-order valence-electron chi connectivity index (χ1n) is 4.69. The maximum atomic E-state index is 13.4. The second-order valence-electron chi connectivity index (χ2n) is 3.31. The Balaban J connectivity index is 2.09. The van der Waals surface area contributed by atoms with E-state index in [2.05, 4.69) is 37.2 Å². The molecule has 1 aromatic carbocycles. The van der Waals surface area contributed by atoms with Crippen LogP contribution in [0.5, 0.6) is 0 Å². The van der Waals surface area contributed by atoms with Gasteiger partial charge >= 0.3 is 0 Å². The van der Waals surface area contributed by atoms with Crippen molar-refractivity contribution >= 4 is 60.5 Å². The number of hydrogen-bond donors (Lipinski definition) is 1. The van der Waals surface area contributed by atoms with Crippen molar-refractivity contribution in [2.24, 2.45) is 0 Å². The van der Waals surface area contributed by atoms with Crippen molar-refractivity contribution in [3.05, 3.63) is 48.2 Å². The van der Waals surface area contributed by atoms with Crippen LogP contribution in [0, 0.1) is 5.82 Å². The monoisotopic (exact) mass is 397 g/mol. The fourth-order valence-electron chi connectivity index (χ4n) is 1.29. The Morgan fingerprint density at radius 3 is 2.71 bits per heavy atom. The first-order chi connectivity index (χ1) is 8.06. The highest BCUT2D eigenvalue weighted by atomic mass is 79.9. The average molecular weight is 400 g/mol. The van der Waals surface area contributed by atoms with Crippen LogP contribution in [0.2, 0.25) is 5.02 Å². The Morgan fingerprint density at radius 2 is 2.06 bits per heavy atom. The van der Waals surface area contributed by atoms with E-state index in [4.69, 9.17) is 11.6 Å². The van der Waals surface area contributed by atoms with Gasteiger partial charge in [-0.25, -0.2) is 4.39 Å². The van der Waals surface area contributed by atoms with Crippen molar-refractivity contribution < 1.29 is 4.39 Å². The molecule has 0 bridgehead atoms. The molecule has 17 heavy (non-hydrogen) atoms. The normalized spacial score (nSPS) is 10.6. The van der Waals surface area contributed by atoms with Gasteiger partial charge in [0.2, 0.25) is 0 Å². The van der Waals surface area contributed by atoms with Gasteiger partial charge in [0.25, 0.3) is 0 Å². The van der Waals surface area contributed by atoms with Gasteiger partial charge in [-0.05, 0) is 56.1 Å². The van der Waals surface area contributed by atoms with Crippen LogP contribution in [-0.2, 0) is 6.54 Å². The molecule has 0 radical (unpaired) electrons. The van der Waals surface area contributed by atoms with Crippen molar-refractivity contribution in [1.29, 1.82) is 0 Å². The van der Waals surface area contributed by atoms with Gasteiger partial charge in [-0.1, -0.05) is 11.6 Å². The van der Waals surface area contributed by atoms with Crippen molar-refractivity contribution in [3.8, 4) is 0 Å². The maximum absolute atomic E-state index is 13.4. The van der Waals surface area contributed by atoms with Crippen LogP contribution in [0.4, 0.5) is 10.1 Å². The van der Waals surface area contributed by atoms with Gasteiger partial charge in [0.15, 0.2) is 0 Å². The summed E-state index contributed by atoms with van der Waals surface area (Å²) in [4.78, 5) is 1.10. The van der Waals surface area contributed by atoms with Crippen molar-refractivity contribution in [2.45, 2.75) is 6.54 Å². The summed E-state index contributed by atoms with van der Waals surface area (Å²) < 4.78 is 15.5. The molecule has 0 aliphatic heterocycles. The van der Waals surface area contributed by atoms with Crippen molar-refractivity contribution in [3.63, 3.8) is 0 Å². The van der Waals surface area contributed by atoms with E-state index in [9.17, 15) is 4.39 Å². The van der Waals surface area contributed by atoms with E-state index in [0.717, 1.165) is 13.1 Å². The summed E-state index contributed by atoms with van der Waals surface area (Å²) in [6, 6.07) is 6.45. The van der Waals surface area contributed by atoms with Gasteiger partial charge in [-0.15, -0.1) is 11.3 Å². The lowest BCUT2D eigenvalue weighted by atomic mass is 10.3. The first-order valence-corrected chi connectivity index (χ1v) is 7.47. The highest BCUT2D eigenvalue weighted by Crippen LogP contribution is 2.33. The third-order valence-corrected chi connectivity index (χ3v) is 5.57. The molecular weight excluding hydrogens is 392 g/mol. The summed E-state index contributed by atoms with van der Waals surface area (Å²) in [5.41, 5.74) is 0.415. The Hall–Kier alpha value is -0.1000. The molecule has 0 amide bonds. The van der Waals surface area contributed by atoms with Crippen LogP contribution in [0.15, 0.2) is 32.5 Å². The smallest absolute Gasteiger partial charge is 0.146 e. The van der Waals surface area contributed by atoms with E-state index >= 15 is 0 Å². The zero-order chi connectivity index (χ0) is 12.4. The quantitative estimate of drug-likeness (QED) is 0.700. The lowest BCUT2D eigenvalue weighted by molar-refractivity contribution is 0.630. The highest BCUT2D eigenvalue weighted by molar-refractivity contribution is 9.13. The third kappa shape index (κ3) is 3.44. The number of benzene rings is 1. The summed E-state index contributed by atoms with van der Waals surface area (Å²) >= 11 is 14.2. The molecule has 0 saturated heterocycles. The van der Waals surface area contributed by atoms with Crippen molar-refractivity contribution in [2.75, 3.05) is 5.32 Å². The van der Waals surface area contributed by atoms with Gasteiger partial charge in [0.05, 0.1) is 9.47 Å². The molecule has 0 spiro atoms. The fourth-order valence-corrected chi connectivity index (χ4v) is 3.58. The maximum Gasteiger partial charge on any atom is 0.146 e. The standard InChI is InChI=1S/C11H7Br2ClFNS/c12-8-4-7(17-11(8)13)5-16-10-3-6(14)1-2-9(10)15/h1-4,16H,5H2. The van der Waals surface area contributed by atoms with E-state index in [1.807, 2.05) is 6.07 Å². The van der Waals surface area contributed by atoms with Gasteiger partial charge in [0.1, 0.15) is 5.82 Å². The first kappa shape index (κ1) is 13.3. The van der Waals surface area contributed by atoms with Gasteiger partial charge in [0, 0.05) is 20.9 Å². The molecule has 1 nitrogen and oxygen atoms in total. The van der Waals surface area contributed by atoms with Gasteiger partial charge < -0.3 is 5.32 Å². The van der Waals surface area contributed by atoms with Crippen LogP contribution >= 0.6 is 54.8 Å². The van der Waals surface area contributed by atoms with Gasteiger partial charge in [-0.3, -0.25) is 0 Å².